The minimum atomic E-state index is -4.24. The van der Waals surface area contributed by atoms with E-state index in [-0.39, 0.29) is 35.5 Å². The minimum absolute atomic E-state index is 0.0203. The summed E-state index contributed by atoms with van der Waals surface area (Å²) in [6.45, 7) is 5.46. The van der Waals surface area contributed by atoms with Gasteiger partial charge in [0.25, 0.3) is 10.0 Å². The Morgan fingerprint density at radius 2 is 1.43 bits per heavy atom. The summed E-state index contributed by atoms with van der Waals surface area (Å²) in [5.41, 5.74) is 1.70. The molecule has 0 unspecified atom stereocenters. The van der Waals surface area contributed by atoms with Crippen molar-refractivity contribution in [2.45, 2.75) is 57.1 Å². The van der Waals surface area contributed by atoms with Crippen molar-refractivity contribution in [1.82, 2.24) is 10.2 Å². The number of hydrogen-bond acceptors (Lipinski definition) is 5. The van der Waals surface area contributed by atoms with Gasteiger partial charge in [0, 0.05) is 19.0 Å². The lowest BCUT2D eigenvalue weighted by atomic mass is 10.0. The molecule has 4 aromatic rings. The summed E-state index contributed by atoms with van der Waals surface area (Å²) in [5, 5.41) is 3.00. The van der Waals surface area contributed by atoms with Gasteiger partial charge in [-0.15, -0.1) is 0 Å². The van der Waals surface area contributed by atoms with Crippen LogP contribution in [0.5, 0.6) is 5.75 Å². The molecule has 0 radical (unpaired) electrons. The van der Waals surface area contributed by atoms with Gasteiger partial charge in [-0.1, -0.05) is 67.6 Å². The number of nitrogens with zero attached hydrogens (tertiary/aromatic N) is 2. The second-order valence-electron chi connectivity index (χ2n) is 10.9. The van der Waals surface area contributed by atoms with Gasteiger partial charge in [0.2, 0.25) is 11.8 Å². The Balaban J connectivity index is 1.77. The largest absolute Gasteiger partial charge is 0.494 e. The normalized spacial score (nSPS) is 12.5. The van der Waals surface area contributed by atoms with Gasteiger partial charge in [0.15, 0.2) is 0 Å². The van der Waals surface area contributed by atoms with Crippen molar-refractivity contribution in [3.63, 3.8) is 0 Å². The van der Waals surface area contributed by atoms with Crippen LogP contribution in [0.1, 0.15) is 38.3 Å². The Kier molecular flexibility index (Phi) is 11.9. The van der Waals surface area contributed by atoms with Crippen molar-refractivity contribution >= 4 is 27.5 Å². The summed E-state index contributed by atoms with van der Waals surface area (Å²) in [6.07, 6.45) is 0.866. The van der Waals surface area contributed by atoms with Crippen molar-refractivity contribution in [3.05, 3.63) is 126 Å². The van der Waals surface area contributed by atoms with Crippen molar-refractivity contribution in [2.24, 2.45) is 0 Å². The number of benzene rings is 4. The highest BCUT2D eigenvalue weighted by Gasteiger charge is 2.35. The molecule has 0 aliphatic rings. The van der Waals surface area contributed by atoms with E-state index in [0.29, 0.717) is 24.3 Å². The Labute approximate surface area is 270 Å². The zero-order valence-electron chi connectivity index (χ0n) is 26.3. The Morgan fingerprint density at radius 1 is 0.826 bits per heavy atom. The van der Waals surface area contributed by atoms with Crippen LogP contribution >= 0.6 is 0 Å². The SMILES string of the molecule is CCOc1ccc(S(=O)(=O)N(CC(=O)N(Cc2ccc(F)cc2)[C@@H](Cc2ccccc2)C(=O)N[C@H](C)CC)c2ccccc2)cc1. The molecule has 0 fully saturated rings. The first-order valence-corrected chi connectivity index (χ1v) is 16.7. The molecule has 0 aromatic heterocycles. The molecular formula is C36H40FN3O5S. The smallest absolute Gasteiger partial charge is 0.264 e. The van der Waals surface area contributed by atoms with E-state index in [1.165, 1.54) is 29.2 Å². The van der Waals surface area contributed by atoms with Crippen molar-refractivity contribution in [2.75, 3.05) is 17.5 Å². The van der Waals surface area contributed by atoms with E-state index in [4.69, 9.17) is 4.74 Å². The molecule has 0 bridgehead atoms. The van der Waals surface area contributed by atoms with Crippen molar-refractivity contribution in [3.8, 4) is 5.75 Å². The number of nitrogens with one attached hydrogen (secondary N) is 1. The molecule has 4 rings (SSSR count). The monoisotopic (exact) mass is 645 g/mol. The molecule has 2 atom stereocenters. The van der Waals surface area contributed by atoms with Gasteiger partial charge >= 0.3 is 0 Å². The topological polar surface area (TPSA) is 96.0 Å². The lowest BCUT2D eigenvalue weighted by Gasteiger charge is -2.34. The molecule has 0 aliphatic heterocycles. The van der Waals surface area contributed by atoms with Crippen LogP contribution < -0.4 is 14.4 Å². The molecule has 242 valence electrons. The first-order valence-electron chi connectivity index (χ1n) is 15.3. The third-order valence-corrected chi connectivity index (χ3v) is 9.37. The number of carbonyl (C=O) groups is 2. The van der Waals surface area contributed by atoms with Gasteiger partial charge in [0.05, 0.1) is 17.2 Å². The molecule has 1 N–H and O–H groups in total. The number of halogens is 1. The molecule has 46 heavy (non-hydrogen) atoms. The van der Waals surface area contributed by atoms with Gasteiger partial charge in [0.1, 0.15) is 24.2 Å². The number of sulfonamides is 1. The molecular weight excluding hydrogens is 605 g/mol. The fourth-order valence-electron chi connectivity index (χ4n) is 4.91. The van der Waals surface area contributed by atoms with E-state index in [1.54, 1.807) is 54.6 Å². The van der Waals surface area contributed by atoms with Gasteiger partial charge in [-0.3, -0.25) is 13.9 Å². The van der Waals surface area contributed by atoms with Crippen LogP contribution in [0.2, 0.25) is 0 Å². The fourth-order valence-corrected chi connectivity index (χ4v) is 6.32. The molecule has 4 aromatic carbocycles. The summed E-state index contributed by atoms with van der Waals surface area (Å²) in [5.74, 6) is -0.878. The highest BCUT2D eigenvalue weighted by atomic mass is 32.2. The molecule has 0 spiro atoms. The number of amides is 2. The molecule has 0 saturated heterocycles. The lowest BCUT2D eigenvalue weighted by molar-refractivity contribution is -0.140. The maximum absolute atomic E-state index is 14.5. The Bertz CT molecular complexity index is 1670. The Morgan fingerprint density at radius 3 is 2.02 bits per heavy atom. The summed E-state index contributed by atoms with van der Waals surface area (Å²) >= 11 is 0. The maximum atomic E-state index is 14.5. The molecule has 0 heterocycles. The Hall–Kier alpha value is -4.70. The summed E-state index contributed by atoms with van der Waals surface area (Å²) in [7, 11) is -4.24. The zero-order chi connectivity index (χ0) is 33.1. The predicted molar refractivity (Wildman–Crippen MR) is 177 cm³/mol. The molecule has 8 nitrogen and oxygen atoms in total. The standard InChI is InChI=1S/C36H40FN3O5S/c1-4-27(3)38-36(42)34(24-28-12-8-6-9-13-28)39(25-29-16-18-30(37)19-17-29)35(41)26-40(31-14-10-7-11-15-31)46(43,44)33-22-20-32(21-23-33)45-5-2/h6-23,27,34H,4-5,24-26H2,1-3H3,(H,38,42)/t27-,34+/m1/s1. The highest BCUT2D eigenvalue weighted by Crippen LogP contribution is 2.26. The van der Waals surface area contributed by atoms with Crippen LogP contribution in [0, 0.1) is 5.82 Å². The van der Waals surface area contributed by atoms with E-state index in [1.807, 2.05) is 51.1 Å². The molecule has 0 saturated carbocycles. The molecule has 0 aliphatic carbocycles. The van der Waals surface area contributed by atoms with Gasteiger partial charge in [-0.2, -0.15) is 0 Å². The number of rotatable bonds is 15. The van der Waals surface area contributed by atoms with E-state index in [9.17, 15) is 22.4 Å². The number of anilines is 1. The summed E-state index contributed by atoms with van der Waals surface area (Å²) in [4.78, 5) is 29.7. The number of carbonyl (C=O) groups excluding carboxylic acids is 2. The predicted octanol–water partition coefficient (Wildman–Crippen LogP) is 5.97. The van der Waals surface area contributed by atoms with Gasteiger partial charge in [-0.05, 0) is 79.9 Å². The van der Waals surface area contributed by atoms with E-state index in [2.05, 4.69) is 5.32 Å². The third kappa shape index (κ3) is 8.94. The second kappa shape index (κ2) is 16.0. The molecule has 10 heteroatoms. The van der Waals surface area contributed by atoms with Crippen molar-refractivity contribution in [1.29, 1.82) is 0 Å². The van der Waals surface area contributed by atoms with Crippen LogP contribution in [0.25, 0.3) is 0 Å². The number of hydrogen-bond donors (Lipinski definition) is 1. The second-order valence-corrected chi connectivity index (χ2v) is 12.8. The fraction of sp³-hybridized carbons (Fsp3) is 0.278. The average molecular weight is 646 g/mol. The lowest BCUT2D eigenvalue weighted by Crippen LogP contribution is -2.54. The number of ether oxygens (including phenoxy) is 1. The minimum Gasteiger partial charge on any atom is -0.494 e. The van der Waals surface area contributed by atoms with E-state index >= 15 is 0 Å². The van der Waals surface area contributed by atoms with Crippen LogP contribution in [-0.2, 0) is 32.6 Å². The van der Waals surface area contributed by atoms with Crippen LogP contribution in [0.4, 0.5) is 10.1 Å². The third-order valence-electron chi connectivity index (χ3n) is 7.58. The van der Waals surface area contributed by atoms with Crippen molar-refractivity contribution < 1.29 is 27.1 Å². The van der Waals surface area contributed by atoms with Crippen LogP contribution in [-0.4, -0.2) is 50.4 Å². The van der Waals surface area contributed by atoms with E-state index < -0.39 is 34.3 Å². The van der Waals surface area contributed by atoms with E-state index in [0.717, 1.165) is 9.87 Å². The maximum Gasteiger partial charge on any atom is 0.264 e. The first kappa shape index (κ1) is 34.2. The zero-order valence-corrected chi connectivity index (χ0v) is 27.1. The highest BCUT2D eigenvalue weighted by molar-refractivity contribution is 7.92. The average Bonchev–Trinajstić information content (AvgIpc) is 3.07. The van der Waals surface area contributed by atoms with Crippen LogP contribution in [0.3, 0.4) is 0 Å². The summed E-state index contributed by atoms with van der Waals surface area (Å²) < 4.78 is 48.6. The first-order chi connectivity index (χ1) is 22.1. The van der Waals surface area contributed by atoms with Crippen LogP contribution in [0.15, 0.2) is 114 Å². The number of para-hydroxylation sites is 1. The molecule has 2 amide bonds. The quantitative estimate of drug-likeness (QED) is 0.172. The van der Waals surface area contributed by atoms with Gasteiger partial charge < -0.3 is 15.0 Å². The van der Waals surface area contributed by atoms with Gasteiger partial charge in [-0.25, -0.2) is 12.8 Å². The summed E-state index contributed by atoms with van der Waals surface area (Å²) in [6, 6.07) is 28.2.